The maximum Gasteiger partial charge on any atom is 0.235 e. The van der Waals surface area contributed by atoms with Gasteiger partial charge in [0.25, 0.3) is 0 Å². The molecule has 1 fully saturated rings. The number of hydrogen-bond donors (Lipinski definition) is 7. The number of aromatic hydroxyl groups is 3. The SMILES string of the molecule is NC(=O)C1C(=O)C[C@@H]2[C@@H](O)c3c(c(O)c4c(O)c(N)ccc4c3O)C(=O)[C@]2(O)C1=O. The van der Waals surface area contributed by atoms with Crippen LogP contribution in [0.25, 0.3) is 10.8 Å². The highest BCUT2D eigenvalue weighted by Gasteiger charge is 2.65. The van der Waals surface area contributed by atoms with E-state index in [0.717, 1.165) is 0 Å². The van der Waals surface area contributed by atoms with Gasteiger partial charge in [0.2, 0.25) is 11.7 Å². The molecule has 2 aliphatic carbocycles. The zero-order valence-corrected chi connectivity index (χ0v) is 15.1. The molecule has 2 aliphatic rings. The monoisotopic (exact) mass is 416 g/mol. The standard InChI is InChI=1S/C19H16N2O9/c20-6-2-1-4-8(14(6)25)15(26)11-10(12(4)23)13(24)5-3-7(22)9(18(21)29)16(27)19(5,30)17(11)28/h1-2,5,9,13,23-26,30H,3,20H2,(H2,21,29)/t5-,9?,13-,19-/m1/s1. The predicted octanol–water partition coefficient (Wildman–Crippen LogP) is -1.24. The van der Waals surface area contributed by atoms with Crippen molar-refractivity contribution in [3.63, 3.8) is 0 Å². The van der Waals surface area contributed by atoms with Crippen molar-refractivity contribution in [3.05, 3.63) is 23.3 Å². The Bertz CT molecular complexity index is 1200. The lowest BCUT2D eigenvalue weighted by Gasteiger charge is -2.45. The fraction of sp³-hybridized carbons (Fsp3) is 0.263. The molecule has 11 nitrogen and oxygen atoms in total. The third kappa shape index (κ3) is 2.10. The van der Waals surface area contributed by atoms with Gasteiger partial charge in [0.1, 0.15) is 17.2 Å². The van der Waals surface area contributed by atoms with Crippen molar-refractivity contribution in [2.75, 3.05) is 5.73 Å². The molecule has 2 aromatic rings. The van der Waals surface area contributed by atoms with Crippen molar-refractivity contribution < 1.29 is 44.7 Å². The molecule has 4 rings (SSSR count). The molecule has 2 aromatic carbocycles. The zero-order chi connectivity index (χ0) is 22.3. The van der Waals surface area contributed by atoms with E-state index in [1.54, 1.807) is 0 Å². The van der Waals surface area contributed by atoms with Gasteiger partial charge in [-0.05, 0) is 12.1 Å². The topological polar surface area (TPSA) is 221 Å². The van der Waals surface area contributed by atoms with Crippen LogP contribution in [0.5, 0.6) is 17.2 Å². The van der Waals surface area contributed by atoms with Crippen LogP contribution < -0.4 is 11.5 Å². The summed E-state index contributed by atoms with van der Waals surface area (Å²) in [5.74, 6) is -11.5. The van der Waals surface area contributed by atoms with E-state index in [4.69, 9.17) is 11.5 Å². The summed E-state index contributed by atoms with van der Waals surface area (Å²) in [5.41, 5.74) is 6.03. The van der Waals surface area contributed by atoms with E-state index in [9.17, 15) is 44.7 Å². The van der Waals surface area contributed by atoms with Crippen LogP contribution >= 0.6 is 0 Å². The molecule has 0 saturated heterocycles. The van der Waals surface area contributed by atoms with Gasteiger partial charge in [0, 0.05) is 23.3 Å². The third-order valence-electron chi connectivity index (χ3n) is 5.91. The minimum atomic E-state index is -3.06. The van der Waals surface area contributed by atoms with Gasteiger partial charge in [0.15, 0.2) is 23.1 Å². The van der Waals surface area contributed by atoms with Crippen LogP contribution in [-0.4, -0.2) is 54.4 Å². The molecule has 1 amide bonds. The Morgan fingerprint density at radius 3 is 2.30 bits per heavy atom. The molecule has 0 bridgehead atoms. The van der Waals surface area contributed by atoms with Crippen LogP contribution in [0.4, 0.5) is 5.69 Å². The normalized spacial score (nSPS) is 28.3. The number of aliphatic hydroxyl groups is 2. The lowest BCUT2D eigenvalue weighted by Crippen LogP contribution is -2.65. The van der Waals surface area contributed by atoms with E-state index >= 15 is 0 Å². The minimum Gasteiger partial charge on any atom is -0.507 e. The van der Waals surface area contributed by atoms with Crippen LogP contribution in [-0.2, 0) is 14.4 Å². The number of aliphatic hydroxyl groups excluding tert-OH is 1. The molecule has 0 spiro atoms. The van der Waals surface area contributed by atoms with Crippen LogP contribution in [0.15, 0.2) is 12.1 Å². The molecule has 0 aliphatic heterocycles. The fourth-order valence-electron chi connectivity index (χ4n) is 4.41. The van der Waals surface area contributed by atoms with Crippen LogP contribution in [0.1, 0.15) is 28.4 Å². The number of amides is 1. The van der Waals surface area contributed by atoms with E-state index in [-0.39, 0.29) is 11.1 Å². The van der Waals surface area contributed by atoms with Crippen molar-refractivity contribution in [2.45, 2.75) is 18.1 Å². The molecule has 30 heavy (non-hydrogen) atoms. The average Bonchev–Trinajstić information content (AvgIpc) is 2.67. The molecular formula is C19H16N2O9. The number of rotatable bonds is 1. The van der Waals surface area contributed by atoms with Crippen molar-refractivity contribution in [1.82, 2.24) is 0 Å². The molecule has 0 heterocycles. The number of anilines is 1. The molecule has 11 heteroatoms. The number of carbonyl (C=O) groups excluding carboxylic acids is 4. The van der Waals surface area contributed by atoms with E-state index < -0.39 is 87.0 Å². The van der Waals surface area contributed by atoms with Crippen molar-refractivity contribution >= 4 is 39.7 Å². The number of hydrogen-bond acceptors (Lipinski definition) is 10. The average molecular weight is 416 g/mol. The first-order valence-electron chi connectivity index (χ1n) is 8.75. The van der Waals surface area contributed by atoms with E-state index in [0.29, 0.717) is 0 Å². The molecule has 9 N–H and O–H groups in total. The number of phenols is 3. The Labute approximate surface area is 167 Å². The maximum absolute atomic E-state index is 13.2. The second-order valence-corrected chi connectivity index (χ2v) is 7.43. The number of Topliss-reactive ketones (excluding diaryl/α,β-unsaturated/α-hetero) is 3. The number of fused-ring (bicyclic) bond motifs is 3. The Kier molecular flexibility index (Phi) is 3.86. The van der Waals surface area contributed by atoms with Crippen molar-refractivity contribution in [1.29, 1.82) is 0 Å². The van der Waals surface area contributed by atoms with E-state index in [1.165, 1.54) is 12.1 Å². The second-order valence-electron chi connectivity index (χ2n) is 7.43. The molecular weight excluding hydrogens is 400 g/mol. The van der Waals surface area contributed by atoms with Crippen LogP contribution in [0.2, 0.25) is 0 Å². The first kappa shape index (κ1) is 19.6. The summed E-state index contributed by atoms with van der Waals surface area (Å²) < 4.78 is 0. The number of phenolic OH excluding ortho intramolecular Hbond substituents is 3. The summed E-state index contributed by atoms with van der Waals surface area (Å²) in [4.78, 5) is 49.8. The quantitative estimate of drug-likeness (QED) is 0.127. The van der Waals surface area contributed by atoms with Gasteiger partial charge in [-0.1, -0.05) is 0 Å². The van der Waals surface area contributed by atoms with Gasteiger partial charge >= 0.3 is 0 Å². The van der Waals surface area contributed by atoms with Crippen LogP contribution in [0.3, 0.4) is 0 Å². The second kappa shape index (κ2) is 5.90. The maximum atomic E-state index is 13.2. The third-order valence-corrected chi connectivity index (χ3v) is 5.91. The molecule has 156 valence electrons. The molecule has 0 aromatic heterocycles. The zero-order valence-electron chi connectivity index (χ0n) is 15.1. The summed E-state index contributed by atoms with van der Waals surface area (Å²) >= 11 is 0. The Morgan fingerprint density at radius 2 is 1.70 bits per heavy atom. The Hall–Kier alpha value is -3.70. The van der Waals surface area contributed by atoms with Gasteiger partial charge < -0.3 is 37.0 Å². The largest absolute Gasteiger partial charge is 0.507 e. The van der Waals surface area contributed by atoms with Crippen LogP contribution in [0, 0.1) is 11.8 Å². The van der Waals surface area contributed by atoms with Crippen molar-refractivity contribution in [3.8, 4) is 17.2 Å². The molecule has 1 saturated carbocycles. The molecule has 4 atom stereocenters. The van der Waals surface area contributed by atoms with Gasteiger partial charge in [-0.2, -0.15) is 0 Å². The highest BCUT2D eigenvalue weighted by Crippen LogP contribution is 2.55. The number of benzene rings is 2. The van der Waals surface area contributed by atoms with E-state index in [1.807, 2.05) is 0 Å². The Balaban J connectivity index is 2.08. The minimum absolute atomic E-state index is 0.168. The highest BCUT2D eigenvalue weighted by atomic mass is 16.3. The first-order valence-corrected chi connectivity index (χ1v) is 8.75. The molecule has 0 radical (unpaired) electrons. The summed E-state index contributed by atoms with van der Waals surface area (Å²) in [6.45, 7) is 0. The summed E-state index contributed by atoms with van der Waals surface area (Å²) in [5, 5.41) is 52.8. The lowest BCUT2D eigenvalue weighted by molar-refractivity contribution is -0.163. The number of nitrogens with two attached hydrogens (primary N) is 2. The fourth-order valence-corrected chi connectivity index (χ4v) is 4.41. The van der Waals surface area contributed by atoms with Gasteiger partial charge in [-0.25, -0.2) is 0 Å². The highest BCUT2D eigenvalue weighted by molar-refractivity contribution is 6.32. The number of nitrogen functional groups attached to an aromatic ring is 1. The number of ketones is 3. The van der Waals surface area contributed by atoms with Gasteiger partial charge in [-0.3, -0.25) is 19.2 Å². The van der Waals surface area contributed by atoms with Gasteiger partial charge in [0.05, 0.1) is 22.7 Å². The summed E-state index contributed by atoms with van der Waals surface area (Å²) in [6, 6.07) is 2.43. The Morgan fingerprint density at radius 1 is 1.07 bits per heavy atom. The van der Waals surface area contributed by atoms with E-state index in [2.05, 4.69) is 0 Å². The first-order chi connectivity index (χ1) is 13.9. The molecule has 1 unspecified atom stereocenters. The summed E-state index contributed by atoms with van der Waals surface area (Å²) in [7, 11) is 0. The lowest BCUT2D eigenvalue weighted by atomic mass is 9.59. The predicted molar refractivity (Wildman–Crippen MR) is 98.4 cm³/mol. The number of carbonyl (C=O) groups is 4. The number of primary amides is 1. The van der Waals surface area contributed by atoms with Gasteiger partial charge in [-0.15, -0.1) is 0 Å². The summed E-state index contributed by atoms with van der Waals surface area (Å²) in [6.07, 6.45) is -2.70. The van der Waals surface area contributed by atoms with Crippen molar-refractivity contribution in [2.24, 2.45) is 17.6 Å². The smallest absolute Gasteiger partial charge is 0.235 e.